The first-order valence-corrected chi connectivity index (χ1v) is 30.2. The van der Waals surface area contributed by atoms with E-state index in [1.54, 1.807) is 0 Å². The summed E-state index contributed by atoms with van der Waals surface area (Å²) in [7, 11) is -3.54. The number of aliphatic imine (C=N–C) groups is 2. The molecule has 5 nitrogen and oxygen atoms in total. The Kier molecular flexibility index (Phi) is 22.9. The fourth-order valence-corrected chi connectivity index (χ4v) is 14.2. The van der Waals surface area contributed by atoms with E-state index >= 15 is 0 Å². The SMILES string of the molecule is CCCC[N+](CCCC)(CCCC)CCC[Si](C)(C)c1cc(C=N[C@H]2CCCC[C@@H]2N=Cc2cc([Si](C)(C)CCCC)cc(C(C)(C)C)c2O)c(O)c(C(C)(C)C)c1.[CH3-].[CH3-]. The highest BCUT2D eigenvalue weighted by Gasteiger charge is 2.33. The summed E-state index contributed by atoms with van der Waals surface area (Å²) in [5, 5.41) is 26.3. The highest BCUT2D eigenvalue weighted by Crippen LogP contribution is 2.35. The van der Waals surface area contributed by atoms with Crippen LogP contribution in [0.5, 0.6) is 11.5 Å². The van der Waals surface area contributed by atoms with E-state index in [0.29, 0.717) is 11.5 Å². The predicted molar refractivity (Wildman–Crippen MR) is 275 cm³/mol. The van der Waals surface area contributed by atoms with Crippen LogP contribution in [0.1, 0.15) is 175 Å². The van der Waals surface area contributed by atoms with Crippen LogP contribution in [0.4, 0.5) is 0 Å². The second-order valence-electron chi connectivity index (χ2n) is 21.7. The molecule has 0 aromatic heterocycles. The summed E-state index contributed by atoms with van der Waals surface area (Å²) < 4.78 is 1.30. The first kappa shape index (κ1) is 55.8. The number of quaternary nitrogens is 1. The van der Waals surface area contributed by atoms with Gasteiger partial charge in [0.1, 0.15) is 11.5 Å². The second-order valence-corrected chi connectivity index (χ2v) is 31.4. The molecule has 1 aliphatic rings. The molecule has 3 rings (SSSR count). The summed E-state index contributed by atoms with van der Waals surface area (Å²) in [4.78, 5) is 10.5. The van der Waals surface area contributed by atoms with Crippen LogP contribution in [0.3, 0.4) is 0 Å². The number of hydrogen-bond acceptors (Lipinski definition) is 4. The van der Waals surface area contributed by atoms with Crippen LogP contribution < -0.4 is 10.4 Å². The van der Waals surface area contributed by atoms with Gasteiger partial charge in [-0.05, 0) is 66.5 Å². The van der Waals surface area contributed by atoms with Gasteiger partial charge in [0, 0.05) is 23.6 Å². The van der Waals surface area contributed by atoms with Crippen LogP contribution in [0.25, 0.3) is 0 Å². The molecule has 0 bridgehead atoms. The highest BCUT2D eigenvalue weighted by atomic mass is 28.3. The largest absolute Gasteiger partial charge is 0.507 e. The van der Waals surface area contributed by atoms with Gasteiger partial charge < -0.3 is 29.5 Å². The molecule has 0 radical (unpaired) electrons. The molecule has 2 aromatic rings. The maximum Gasteiger partial charge on any atom is 0.128 e. The van der Waals surface area contributed by atoms with Gasteiger partial charge in [-0.3, -0.25) is 9.98 Å². The van der Waals surface area contributed by atoms with Crippen molar-refractivity contribution in [3.8, 4) is 11.5 Å². The Morgan fingerprint density at radius 3 is 1.23 bits per heavy atom. The maximum atomic E-state index is 11.8. The molecule has 1 aliphatic carbocycles. The third-order valence-corrected chi connectivity index (χ3v) is 20.4. The third kappa shape index (κ3) is 15.8. The lowest BCUT2D eigenvalue weighted by molar-refractivity contribution is -0.928. The van der Waals surface area contributed by atoms with Gasteiger partial charge in [0.2, 0.25) is 0 Å². The van der Waals surface area contributed by atoms with Crippen molar-refractivity contribution in [1.82, 2.24) is 0 Å². The summed E-state index contributed by atoms with van der Waals surface area (Å²) in [6.07, 6.45) is 19.7. The number of benzene rings is 2. The van der Waals surface area contributed by atoms with E-state index in [-0.39, 0.29) is 37.8 Å². The van der Waals surface area contributed by atoms with Crippen LogP contribution in [-0.4, -0.2) is 81.5 Å². The summed E-state index contributed by atoms with van der Waals surface area (Å²) in [6, 6.07) is 11.7. The van der Waals surface area contributed by atoms with E-state index in [1.807, 2.05) is 12.4 Å². The lowest BCUT2D eigenvalue weighted by atomic mass is 9.85. The zero-order valence-electron chi connectivity index (χ0n) is 42.3. The predicted octanol–water partition coefficient (Wildman–Crippen LogP) is 13.7. The first-order chi connectivity index (χ1) is 27.1. The Morgan fingerprint density at radius 1 is 0.567 bits per heavy atom. The molecule has 2 aromatic carbocycles. The molecule has 1 fully saturated rings. The number of hydrogen-bond donors (Lipinski definition) is 2. The fourth-order valence-electron chi connectivity index (χ4n) is 9.14. The van der Waals surface area contributed by atoms with E-state index in [1.165, 1.54) is 111 Å². The molecule has 0 amide bonds. The first-order valence-electron chi connectivity index (χ1n) is 23.8. The average molecular weight is 864 g/mol. The Labute approximate surface area is 375 Å². The topological polar surface area (TPSA) is 65.2 Å². The number of nitrogens with zero attached hydrogens (tertiary/aromatic N) is 3. The molecule has 2 N–H and O–H groups in total. The van der Waals surface area contributed by atoms with Crippen molar-refractivity contribution in [2.24, 2.45) is 9.98 Å². The minimum atomic E-state index is -1.85. The van der Waals surface area contributed by atoms with Gasteiger partial charge in [-0.25, -0.2) is 0 Å². The van der Waals surface area contributed by atoms with E-state index in [4.69, 9.17) is 9.98 Å². The van der Waals surface area contributed by atoms with Crippen LogP contribution in [0, 0.1) is 14.9 Å². The monoisotopic (exact) mass is 863 g/mol. The van der Waals surface area contributed by atoms with Crippen molar-refractivity contribution in [2.75, 3.05) is 26.2 Å². The molecule has 0 heterocycles. The number of phenols is 2. The van der Waals surface area contributed by atoms with Crippen molar-refractivity contribution >= 4 is 39.0 Å². The Balaban J connectivity index is 0.00000900. The lowest BCUT2D eigenvalue weighted by Gasteiger charge is -2.40. The standard InChI is InChI=1S/C51H89N3O2Si2.2CH3/c1-15-19-28-54(29-20-16-2,30-21-17-3)31-25-33-58(13,14)43-35-41(49(56)45(37-43)51(8,9)10)39-53-47-27-24-23-26-46(47)52-38-40-34-42(57(11,12)32-22-18-4)36-44(48(40)55)50(5,6)7;;/h34-39,46-47H,15-33H2,1-14H3,(H-,52,53,55,56);2*1H3/q;2*-1/p+1/t46-,47-;;/m0../s1. The van der Waals surface area contributed by atoms with Crippen molar-refractivity contribution in [3.05, 3.63) is 61.4 Å². The van der Waals surface area contributed by atoms with Gasteiger partial charge in [-0.2, -0.15) is 0 Å². The molecule has 7 heteroatoms. The van der Waals surface area contributed by atoms with Gasteiger partial charge in [-0.1, -0.05) is 181 Å². The second kappa shape index (κ2) is 24.6. The van der Waals surface area contributed by atoms with Crippen molar-refractivity contribution in [3.63, 3.8) is 0 Å². The summed E-state index contributed by atoms with van der Waals surface area (Å²) in [5.74, 6) is 0.744. The van der Waals surface area contributed by atoms with E-state index in [0.717, 1.165) is 47.9 Å². The quantitative estimate of drug-likeness (QED) is 0.0536. The molecular formula is C53H96N3O2Si2-. The minimum Gasteiger partial charge on any atom is -0.507 e. The number of phenolic OH excluding ortho intramolecular Hbond substituents is 2. The molecule has 344 valence electrons. The Morgan fingerprint density at radius 2 is 0.900 bits per heavy atom. The number of rotatable bonds is 22. The van der Waals surface area contributed by atoms with Crippen molar-refractivity contribution in [2.45, 2.75) is 214 Å². The van der Waals surface area contributed by atoms with E-state index in [2.05, 4.69) is 120 Å². The Hall–Kier alpha value is -2.23. The van der Waals surface area contributed by atoms with Crippen LogP contribution in [0.2, 0.25) is 38.3 Å². The highest BCUT2D eigenvalue weighted by molar-refractivity contribution is 6.90. The molecule has 0 spiro atoms. The molecule has 60 heavy (non-hydrogen) atoms. The summed E-state index contributed by atoms with van der Waals surface area (Å²) >= 11 is 0. The molecule has 0 aliphatic heterocycles. The third-order valence-electron chi connectivity index (χ3n) is 13.5. The minimum absolute atomic E-state index is 0. The molecular weight excluding hydrogens is 767 g/mol. The van der Waals surface area contributed by atoms with Crippen LogP contribution >= 0.6 is 0 Å². The number of unbranched alkanes of at least 4 members (excludes halogenated alkanes) is 4. The maximum absolute atomic E-state index is 11.8. The summed E-state index contributed by atoms with van der Waals surface area (Å²) in [6.45, 7) is 37.8. The van der Waals surface area contributed by atoms with Gasteiger partial charge in [0.15, 0.2) is 0 Å². The normalized spacial score (nSPS) is 17.0. The van der Waals surface area contributed by atoms with Crippen molar-refractivity contribution in [1.29, 1.82) is 0 Å². The van der Waals surface area contributed by atoms with Gasteiger partial charge in [0.05, 0.1) is 54.4 Å². The number of aromatic hydroxyl groups is 2. The fraction of sp³-hybridized carbons (Fsp3) is 0.698. The van der Waals surface area contributed by atoms with E-state index in [9.17, 15) is 10.2 Å². The zero-order valence-corrected chi connectivity index (χ0v) is 44.3. The van der Waals surface area contributed by atoms with Gasteiger partial charge in [0.25, 0.3) is 0 Å². The van der Waals surface area contributed by atoms with Crippen LogP contribution in [0.15, 0.2) is 34.3 Å². The van der Waals surface area contributed by atoms with Crippen LogP contribution in [-0.2, 0) is 10.8 Å². The Bertz CT molecular complexity index is 1610. The molecule has 0 unspecified atom stereocenters. The zero-order chi connectivity index (χ0) is 43.4. The molecule has 2 atom stereocenters. The van der Waals surface area contributed by atoms with E-state index < -0.39 is 16.1 Å². The average Bonchev–Trinajstić information content (AvgIpc) is 3.15. The van der Waals surface area contributed by atoms with Gasteiger partial charge >= 0.3 is 0 Å². The van der Waals surface area contributed by atoms with Crippen molar-refractivity contribution < 1.29 is 14.7 Å². The lowest BCUT2D eigenvalue weighted by Crippen LogP contribution is -2.51. The van der Waals surface area contributed by atoms with Gasteiger partial charge in [-0.15, -0.1) is 0 Å². The smallest absolute Gasteiger partial charge is 0.128 e. The molecule has 1 saturated carbocycles. The molecule has 0 saturated heterocycles. The summed E-state index contributed by atoms with van der Waals surface area (Å²) in [5.41, 5.74) is 3.39.